The minimum absolute atomic E-state index is 0.00437. The van der Waals surface area contributed by atoms with Crippen molar-refractivity contribution in [2.45, 2.75) is 13.3 Å². The molecular formula is C15H18N2O. The Morgan fingerprint density at radius 1 is 1.22 bits per heavy atom. The van der Waals surface area contributed by atoms with Crippen LogP contribution in [0.3, 0.4) is 0 Å². The molecule has 0 radical (unpaired) electrons. The van der Waals surface area contributed by atoms with Crippen molar-refractivity contribution in [3.63, 3.8) is 0 Å². The van der Waals surface area contributed by atoms with Crippen LogP contribution in [0.25, 0.3) is 10.8 Å². The monoisotopic (exact) mass is 242 g/mol. The second-order valence-electron chi connectivity index (χ2n) is 4.39. The van der Waals surface area contributed by atoms with Gasteiger partial charge in [-0.3, -0.25) is 4.79 Å². The number of rotatable bonds is 4. The fraction of sp³-hybridized carbons (Fsp3) is 0.267. The summed E-state index contributed by atoms with van der Waals surface area (Å²) in [6.45, 7) is 2.35. The van der Waals surface area contributed by atoms with Gasteiger partial charge in [-0.05, 0) is 29.3 Å². The lowest BCUT2D eigenvalue weighted by molar-refractivity contribution is -0.119. The number of nitrogens with two attached hydrogens (primary N) is 1. The molecule has 0 spiro atoms. The average molecular weight is 242 g/mol. The summed E-state index contributed by atoms with van der Waals surface area (Å²) in [4.78, 5) is 11.9. The van der Waals surface area contributed by atoms with Gasteiger partial charge in [0.15, 0.2) is 0 Å². The third-order valence-electron chi connectivity index (χ3n) is 3.17. The molecule has 94 valence electrons. The second kappa shape index (κ2) is 5.65. The van der Waals surface area contributed by atoms with E-state index in [1.54, 1.807) is 0 Å². The summed E-state index contributed by atoms with van der Waals surface area (Å²) in [6.07, 6.45) is 0.760. The first-order valence-electron chi connectivity index (χ1n) is 6.24. The van der Waals surface area contributed by atoms with Gasteiger partial charge >= 0.3 is 0 Å². The highest BCUT2D eigenvalue weighted by Gasteiger charge is 2.14. The van der Waals surface area contributed by atoms with Crippen LogP contribution in [0.5, 0.6) is 0 Å². The quantitative estimate of drug-likeness (QED) is 0.866. The van der Waals surface area contributed by atoms with Crippen molar-refractivity contribution >= 4 is 22.4 Å². The van der Waals surface area contributed by atoms with Crippen molar-refractivity contribution < 1.29 is 4.79 Å². The van der Waals surface area contributed by atoms with E-state index >= 15 is 0 Å². The zero-order valence-corrected chi connectivity index (χ0v) is 10.5. The van der Waals surface area contributed by atoms with Crippen LogP contribution < -0.4 is 11.1 Å². The first kappa shape index (κ1) is 12.6. The molecule has 18 heavy (non-hydrogen) atoms. The minimum atomic E-state index is -0.114. The molecule has 0 aliphatic carbocycles. The molecule has 3 nitrogen and oxygen atoms in total. The molecule has 0 fully saturated rings. The van der Waals surface area contributed by atoms with E-state index in [1.807, 2.05) is 43.3 Å². The number of hydrogen-bond donors (Lipinski definition) is 2. The van der Waals surface area contributed by atoms with Gasteiger partial charge in [-0.2, -0.15) is 0 Å². The van der Waals surface area contributed by atoms with Crippen molar-refractivity contribution in [1.82, 2.24) is 0 Å². The number of carbonyl (C=O) groups is 1. The van der Waals surface area contributed by atoms with Crippen molar-refractivity contribution in [1.29, 1.82) is 0 Å². The Bertz CT molecular complexity index is 547. The molecule has 3 N–H and O–H groups in total. The lowest BCUT2D eigenvalue weighted by Crippen LogP contribution is -2.28. The van der Waals surface area contributed by atoms with Gasteiger partial charge in [-0.25, -0.2) is 0 Å². The van der Waals surface area contributed by atoms with Crippen LogP contribution in [0.4, 0.5) is 5.69 Å². The maximum absolute atomic E-state index is 11.9. The standard InChI is InChI=1S/C15H18N2O/c1-2-11(10-16)15(18)17-14-8-7-12-5-3-4-6-13(12)9-14/h3-9,11H,2,10,16H2,1H3,(H,17,18). The van der Waals surface area contributed by atoms with Crippen molar-refractivity contribution in [2.75, 3.05) is 11.9 Å². The Labute approximate surface area is 107 Å². The van der Waals surface area contributed by atoms with Gasteiger partial charge in [-0.1, -0.05) is 37.3 Å². The van der Waals surface area contributed by atoms with Gasteiger partial charge in [0.25, 0.3) is 0 Å². The van der Waals surface area contributed by atoms with Crippen LogP contribution in [-0.2, 0) is 4.79 Å². The Hall–Kier alpha value is -1.87. The molecule has 0 heterocycles. The van der Waals surface area contributed by atoms with Crippen molar-refractivity contribution in [3.8, 4) is 0 Å². The molecule has 0 saturated heterocycles. The molecule has 2 rings (SSSR count). The van der Waals surface area contributed by atoms with Gasteiger partial charge in [0, 0.05) is 12.2 Å². The molecule has 0 aliphatic rings. The molecule has 3 heteroatoms. The fourth-order valence-corrected chi connectivity index (χ4v) is 1.97. The molecule has 0 saturated carbocycles. The molecule has 0 aliphatic heterocycles. The highest BCUT2D eigenvalue weighted by Crippen LogP contribution is 2.19. The first-order chi connectivity index (χ1) is 8.74. The highest BCUT2D eigenvalue weighted by atomic mass is 16.1. The normalized spacial score (nSPS) is 12.3. The molecule has 1 amide bonds. The topological polar surface area (TPSA) is 55.1 Å². The van der Waals surface area contributed by atoms with E-state index in [4.69, 9.17) is 5.73 Å². The van der Waals surface area contributed by atoms with E-state index in [0.29, 0.717) is 6.54 Å². The zero-order valence-electron chi connectivity index (χ0n) is 10.5. The number of amides is 1. The van der Waals surface area contributed by atoms with Gasteiger partial charge in [-0.15, -0.1) is 0 Å². The largest absolute Gasteiger partial charge is 0.330 e. The van der Waals surface area contributed by atoms with E-state index in [9.17, 15) is 4.79 Å². The van der Waals surface area contributed by atoms with E-state index < -0.39 is 0 Å². The third kappa shape index (κ3) is 2.68. The summed E-state index contributed by atoms with van der Waals surface area (Å²) < 4.78 is 0. The van der Waals surface area contributed by atoms with Gasteiger partial charge < -0.3 is 11.1 Å². The summed E-state index contributed by atoms with van der Waals surface area (Å²) in [5, 5.41) is 5.21. The summed E-state index contributed by atoms with van der Waals surface area (Å²) in [6, 6.07) is 14.0. The van der Waals surface area contributed by atoms with Crippen molar-refractivity contribution in [3.05, 3.63) is 42.5 Å². The first-order valence-corrected chi connectivity index (χ1v) is 6.24. The van der Waals surface area contributed by atoms with Crippen molar-refractivity contribution in [2.24, 2.45) is 11.7 Å². The molecule has 0 bridgehead atoms. The summed E-state index contributed by atoms with van der Waals surface area (Å²) in [5.41, 5.74) is 6.39. The minimum Gasteiger partial charge on any atom is -0.330 e. The smallest absolute Gasteiger partial charge is 0.228 e. The molecular weight excluding hydrogens is 224 g/mol. The predicted molar refractivity (Wildman–Crippen MR) is 75.4 cm³/mol. The Morgan fingerprint density at radius 3 is 2.61 bits per heavy atom. The van der Waals surface area contributed by atoms with Crippen LogP contribution >= 0.6 is 0 Å². The maximum Gasteiger partial charge on any atom is 0.228 e. The number of nitrogens with one attached hydrogen (secondary N) is 1. The predicted octanol–water partition coefficient (Wildman–Crippen LogP) is 2.76. The van der Waals surface area contributed by atoms with Crippen LogP contribution in [0.15, 0.2) is 42.5 Å². The SMILES string of the molecule is CCC(CN)C(=O)Nc1ccc2ccccc2c1. The van der Waals surface area contributed by atoms with Gasteiger partial charge in [0.1, 0.15) is 0 Å². The van der Waals surface area contributed by atoms with Gasteiger partial charge in [0.05, 0.1) is 5.92 Å². The third-order valence-corrected chi connectivity index (χ3v) is 3.17. The lowest BCUT2D eigenvalue weighted by atomic mass is 10.1. The van der Waals surface area contributed by atoms with Gasteiger partial charge in [0.2, 0.25) is 5.91 Å². The number of anilines is 1. The highest BCUT2D eigenvalue weighted by molar-refractivity contribution is 5.95. The van der Waals surface area contributed by atoms with Crippen LogP contribution in [-0.4, -0.2) is 12.5 Å². The van der Waals surface area contributed by atoms with Crippen LogP contribution in [0.2, 0.25) is 0 Å². The molecule has 1 atom stereocenters. The molecule has 0 aromatic heterocycles. The Morgan fingerprint density at radius 2 is 1.94 bits per heavy atom. The van der Waals surface area contributed by atoms with E-state index in [1.165, 1.54) is 5.39 Å². The number of carbonyl (C=O) groups excluding carboxylic acids is 1. The van der Waals surface area contributed by atoms with Crippen LogP contribution in [0, 0.1) is 5.92 Å². The van der Waals surface area contributed by atoms with Crippen LogP contribution in [0.1, 0.15) is 13.3 Å². The Balaban J connectivity index is 2.19. The summed E-state index contributed by atoms with van der Waals surface area (Å²) in [7, 11) is 0. The van der Waals surface area contributed by atoms with E-state index in [0.717, 1.165) is 17.5 Å². The second-order valence-corrected chi connectivity index (χ2v) is 4.39. The lowest BCUT2D eigenvalue weighted by Gasteiger charge is -2.13. The molecule has 1 unspecified atom stereocenters. The van der Waals surface area contributed by atoms with E-state index in [2.05, 4.69) is 11.4 Å². The number of hydrogen-bond acceptors (Lipinski definition) is 2. The summed E-state index contributed by atoms with van der Waals surface area (Å²) >= 11 is 0. The zero-order chi connectivity index (χ0) is 13.0. The molecule has 2 aromatic carbocycles. The van der Waals surface area contributed by atoms with E-state index in [-0.39, 0.29) is 11.8 Å². The number of fused-ring (bicyclic) bond motifs is 1. The summed E-state index contributed by atoms with van der Waals surface area (Å²) in [5.74, 6) is -0.119. The fourth-order valence-electron chi connectivity index (χ4n) is 1.97. The number of benzene rings is 2. The average Bonchev–Trinajstić information content (AvgIpc) is 2.40. The maximum atomic E-state index is 11.9. The Kier molecular flexibility index (Phi) is 3.95. The molecule has 2 aromatic rings.